The first-order valence-corrected chi connectivity index (χ1v) is 8.95. The van der Waals surface area contributed by atoms with E-state index in [1.54, 1.807) is 14.2 Å². The zero-order valence-corrected chi connectivity index (χ0v) is 14.6. The van der Waals surface area contributed by atoms with Crippen LogP contribution < -0.4 is 14.8 Å². The molecule has 0 bridgehead atoms. The van der Waals surface area contributed by atoms with E-state index in [1.165, 1.54) is 24.2 Å². The topological polar surface area (TPSA) is 30.5 Å². The van der Waals surface area contributed by atoms with Crippen LogP contribution in [0.25, 0.3) is 0 Å². The SMILES string of the molecule is CCCCSCC(NCCC)c1cc(OC)ccc1OC. The van der Waals surface area contributed by atoms with Gasteiger partial charge in [-0.3, -0.25) is 0 Å². The van der Waals surface area contributed by atoms with Gasteiger partial charge in [0.2, 0.25) is 0 Å². The first kappa shape index (κ1) is 18.2. The number of methoxy groups -OCH3 is 2. The van der Waals surface area contributed by atoms with E-state index >= 15 is 0 Å². The van der Waals surface area contributed by atoms with Crippen molar-refractivity contribution < 1.29 is 9.47 Å². The van der Waals surface area contributed by atoms with Gasteiger partial charge in [-0.2, -0.15) is 11.8 Å². The van der Waals surface area contributed by atoms with Gasteiger partial charge >= 0.3 is 0 Å². The standard InChI is InChI=1S/C17H29NO2S/c1-5-7-11-21-13-16(18-10-6-2)15-12-14(19-3)8-9-17(15)20-4/h8-9,12,16,18H,5-7,10-11,13H2,1-4H3. The van der Waals surface area contributed by atoms with E-state index in [0.717, 1.165) is 30.2 Å². The molecule has 4 heteroatoms. The van der Waals surface area contributed by atoms with Gasteiger partial charge in [-0.15, -0.1) is 0 Å². The first-order chi connectivity index (χ1) is 10.3. The molecule has 1 atom stereocenters. The van der Waals surface area contributed by atoms with Crippen LogP contribution in [0.2, 0.25) is 0 Å². The third-order valence-corrected chi connectivity index (χ3v) is 4.53. The molecule has 0 radical (unpaired) electrons. The summed E-state index contributed by atoms with van der Waals surface area (Å²) >= 11 is 2.00. The summed E-state index contributed by atoms with van der Waals surface area (Å²) in [6, 6.07) is 6.33. The number of hydrogen-bond acceptors (Lipinski definition) is 4. The highest BCUT2D eigenvalue weighted by atomic mass is 32.2. The maximum absolute atomic E-state index is 5.53. The molecule has 0 aliphatic rings. The number of benzene rings is 1. The van der Waals surface area contributed by atoms with Gasteiger partial charge in [0, 0.05) is 17.4 Å². The molecule has 0 fully saturated rings. The number of thioether (sulfide) groups is 1. The first-order valence-electron chi connectivity index (χ1n) is 7.79. The summed E-state index contributed by atoms with van der Waals surface area (Å²) in [4.78, 5) is 0. The van der Waals surface area contributed by atoms with E-state index in [-0.39, 0.29) is 0 Å². The molecule has 1 aromatic rings. The number of nitrogens with one attached hydrogen (secondary N) is 1. The van der Waals surface area contributed by atoms with Gasteiger partial charge in [0.15, 0.2) is 0 Å². The summed E-state index contributed by atoms with van der Waals surface area (Å²) in [5.41, 5.74) is 1.19. The lowest BCUT2D eigenvalue weighted by atomic mass is 10.1. The van der Waals surface area contributed by atoms with Gasteiger partial charge in [0.05, 0.1) is 14.2 Å². The van der Waals surface area contributed by atoms with Crippen molar-refractivity contribution in [3.05, 3.63) is 23.8 Å². The van der Waals surface area contributed by atoms with E-state index < -0.39 is 0 Å². The zero-order chi connectivity index (χ0) is 15.5. The molecule has 0 saturated heterocycles. The van der Waals surface area contributed by atoms with E-state index in [1.807, 2.05) is 23.9 Å². The van der Waals surface area contributed by atoms with Crippen molar-refractivity contribution in [2.75, 3.05) is 32.3 Å². The van der Waals surface area contributed by atoms with Crippen molar-refractivity contribution in [2.24, 2.45) is 0 Å². The molecule has 0 aromatic heterocycles. The van der Waals surface area contributed by atoms with Gasteiger partial charge in [0.25, 0.3) is 0 Å². The van der Waals surface area contributed by atoms with Crippen LogP contribution >= 0.6 is 11.8 Å². The summed E-state index contributed by atoms with van der Waals surface area (Å²) < 4.78 is 10.9. The van der Waals surface area contributed by atoms with Gasteiger partial charge in [-0.05, 0) is 43.3 Å². The van der Waals surface area contributed by atoms with Crippen molar-refractivity contribution in [2.45, 2.75) is 39.2 Å². The molecule has 1 unspecified atom stereocenters. The molecule has 120 valence electrons. The second-order valence-corrected chi connectivity index (χ2v) is 6.19. The second kappa shape index (κ2) is 10.8. The molecular formula is C17H29NO2S. The Morgan fingerprint density at radius 3 is 2.57 bits per heavy atom. The van der Waals surface area contributed by atoms with Crippen LogP contribution in [0.1, 0.15) is 44.7 Å². The fourth-order valence-corrected chi connectivity index (χ4v) is 3.33. The minimum Gasteiger partial charge on any atom is -0.497 e. The average molecular weight is 311 g/mol. The lowest BCUT2D eigenvalue weighted by molar-refractivity contribution is 0.392. The fraction of sp³-hybridized carbons (Fsp3) is 0.647. The Bertz CT molecular complexity index is 398. The van der Waals surface area contributed by atoms with Crippen molar-refractivity contribution in [3.8, 4) is 11.5 Å². The third-order valence-electron chi connectivity index (χ3n) is 3.38. The highest BCUT2D eigenvalue weighted by Crippen LogP contribution is 2.31. The second-order valence-electron chi connectivity index (χ2n) is 5.04. The summed E-state index contributed by atoms with van der Waals surface area (Å²) in [6.07, 6.45) is 3.66. The Morgan fingerprint density at radius 1 is 1.14 bits per heavy atom. The molecular weight excluding hydrogens is 282 g/mol. The van der Waals surface area contributed by atoms with Crippen LogP contribution in [-0.4, -0.2) is 32.3 Å². The predicted molar refractivity (Wildman–Crippen MR) is 92.8 cm³/mol. The molecule has 1 aromatic carbocycles. The Hall–Kier alpha value is -0.870. The highest BCUT2D eigenvalue weighted by Gasteiger charge is 2.16. The van der Waals surface area contributed by atoms with Crippen molar-refractivity contribution in [1.82, 2.24) is 5.32 Å². The quantitative estimate of drug-likeness (QED) is 0.618. The molecule has 0 amide bonds. The normalized spacial score (nSPS) is 12.2. The summed E-state index contributed by atoms with van der Waals surface area (Å²) in [5, 5.41) is 3.63. The van der Waals surface area contributed by atoms with Crippen molar-refractivity contribution in [1.29, 1.82) is 0 Å². The Kier molecular flexibility index (Phi) is 9.35. The minimum absolute atomic E-state index is 0.303. The third kappa shape index (κ3) is 6.18. The Balaban J connectivity index is 2.83. The lowest BCUT2D eigenvalue weighted by Gasteiger charge is -2.21. The predicted octanol–water partition coefficient (Wildman–Crippen LogP) is 4.28. The average Bonchev–Trinajstić information content (AvgIpc) is 2.53. The largest absolute Gasteiger partial charge is 0.497 e. The van der Waals surface area contributed by atoms with Gasteiger partial charge in [-0.1, -0.05) is 20.3 Å². The van der Waals surface area contributed by atoms with Gasteiger partial charge in [0.1, 0.15) is 11.5 Å². The van der Waals surface area contributed by atoms with E-state index in [2.05, 4.69) is 25.2 Å². The molecule has 0 spiro atoms. The molecule has 1 rings (SSSR count). The van der Waals surface area contributed by atoms with Gasteiger partial charge < -0.3 is 14.8 Å². The monoisotopic (exact) mass is 311 g/mol. The number of ether oxygens (including phenoxy) is 2. The smallest absolute Gasteiger partial charge is 0.123 e. The van der Waals surface area contributed by atoms with Crippen LogP contribution in [0.3, 0.4) is 0 Å². The molecule has 3 nitrogen and oxygen atoms in total. The zero-order valence-electron chi connectivity index (χ0n) is 13.8. The molecule has 0 saturated carbocycles. The maximum atomic E-state index is 5.53. The van der Waals surface area contributed by atoms with Crippen LogP contribution in [0, 0.1) is 0 Å². The minimum atomic E-state index is 0.303. The van der Waals surface area contributed by atoms with Crippen molar-refractivity contribution in [3.63, 3.8) is 0 Å². The Morgan fingerprint density at radius 2 is 1.95 bits per heavy atom. The molecule has 0 aliphatic carbocycles. The van der Waals surface area contributed by atoms with Crippen molar-refractivity contribution >= 4 is 11.8 Å². The van der Waals surface area contributed by atoms with Crippen LogP contribution in [0.4, 0.5) is 0 Å². The fourth-order valence-electron chi connectivity index (χ4n) is 2.14. The highest BCUT2D eigenvalue weighted by molar-refractivity contribution is 7.99. The lowest BCUT2D eigenvalue weighted by Crippen LogP contribution is -2.24. The van der Waals surface area contributed by atoms with Gasteiger partial charge in [-0.25, -0.2) is 0 Å². The maximum Gasteiger partial charge on any atom is 0.123 e. The number of unbranched alkanes of at least 4 members (excludes halogenated alkanes) is 1. The molecule has 21 heavy (non-hydrogen) atoms. The molecule has 0 aliphatic heterocycles. The summed E-state index contributed by atoms with van der Waals surface area (Å²) in [5.74, 6) is 4.09. The summed E-state index contributed by atoms with van der Waals surface area (Å²) in [6.45, 7) is 5.44. The van der Waals surface area contributed by atoms with E-state index in [9.17, 15) is 0 Å². The van der Waals surface area contributed by atoms with Crippen LogP contribution in [-0.2, 0) is 0 Å². The summed E-state index contributed by atoms with van der Waals surface area (Å²) in [7, 11) is 3.43. The number of rotatable bonds is 11. The van der Waals surface area contributed by atoms with E-state index in [4.69, 9.17) is 9.47 Å². The van der Waals surface area contributed by atoms with Crippen LogP contribution in [0.5, 0.6) is 11.5 Å². The van der Waals surface area contributed by atoms with E-state index in [0.29, 0.717) is 6.04 Å². The number of hydrogen-bond donors (Lipinski definition) is 1. The molecule has 1 N–H and O–H groups in total. The van der Waals surface area contributed by atoms with Crippen LogP contribution in [0.15, 0.2) is 18.2 Å². The Labute approximate surface area is 133 Å². The molecule has 0 heterocycles.